The summed E-state index contributed by atoms with van der Waals surface area (Å²) in [5.41, 5.74) is -0.810. The van der Waals surface area contributed by atoms with Crippen LogP contribution in [-0.4, -0.2) is 44.2 Å². The molecule has 0 aliphatic rings. The first-order valence-corrected chi connectivity index (χ1v) is 9.65. The Morgan fingerprint density at radius 1 is 1.19 bits per heavy atom. The van der Waals surface area contributed by atoms with Crippen LogP contribution in [0, 0.1) is 0 Å². The van der Waals surface area contributed by atoms with Crippen LogP contribution in [0.25, 0.3) is 0 Å². The van der Waals surface area contributed by atoms with Gasteiger partial charge in [0.2, 0.25) is 0 Å². The van der Waals surface area contributed by atoms with Crippen LogP contribution in [0.2, 0.25) is 4.82 Å². The van der Waals surface area contributed by atoms with Crippen LogP contribution in [0.1, 0.15) is 13.8 Å². The van der Waals surface area contributed by atoms with Gasteiger partial charge in [0.05, 0.1) is 0 Å². The fourth-order valence-electron chi connectivity index (χ4n) is 2.13. The van der Waals surface area contributed by atoms with E-state index in [1.807, 2.05) is 30.3 Å². The molecule has 0 bridgehead atoms. The Kier molecular flexibility index (Phi) is 6.80. The first-order valence-electron chi connectivity index (χ1n) is 7.81. The molecule has 1 N–H and O–H groups in total. The Hall–Kier alpha value is -1.89. The number of ether oxygens (including phenoxy) is 1. The number of carbonyl (C=O) groups is 1. The van der Waals surface area contributed by atoms with E-state index in [0.29, 0.717) is 5.69 Å². The molecule has 0 fully saturated rings. The molecule has 1 aromatic carbocycles. The second kappa shape index (κ2) is 8.66. The summed E-state index contributed by atoms with van der Waals surface area (Å²) in [6, 6.07) is 12.5. The molecular weight excluding hydrogens is 412 g/mol. The van der Waals surface area contributed by atoms with Gasteiger partial charge in [-0.2, -0.15) is 0 Å². The predicted molar refractivity (Wildman–Crippen MR) is 94.5 cm³/mol. The second-order valence-electron chi connectivity index (χ2n) is 6.05. The van der Waals surface area contributed by atoms with Crippen molar-refractivity contribution in [1.82, 2.24) is 4.98 Å². The second-order valence-corrected chi connectivity index (χ2v) is 8.52. The average molecular weight is 431 g/mol. The van der Waals surface area contributed by atoms with Gasteiger partial charge < -0.3 is 0 Å². The molecule has 0 spiro atoms. The molecule has 26 heavy (non-hydrogen) atoms. The van der Waals surface area contributed by atoms with Crippen molar-refractivity contribution in [2.45, 2.75) is 30.4 Å². The molecule has 8 heteroatoms. The van der Waals surface area contributed by atoms with Crippen LogP contribution >= 0.6 is 0 Å². The number of benzene rings is 1. The minimum absolute atomic E-state index is 0.394. The number of nitrogens with zero attached hydrogens (tertiary/aromatic N) is 1. The van der Waals surface area contributed by atoms with E-state index < -0.39 is 44.1 Å². The number of alkyl halides is 3. The van der Waals surface area contributed by atoms with Crippen LogP contribution in [0.15, 0.2) is 54.9 Å². The summed E-state index contributed by atoms with van der Waals surface area (Å²) in [6.45, 7) is 1.62. The van der Waals surface area contributed by atoms with Crippen molar-refractivity contribution in [3.63, 3.8) is 0 Å². The molecule has 1 unspecified atom stereocenters. The third-order valence-corrected chi connectivity index (χ3v) is 6.68. The summed E-state index contributed by atoms with van der Waals surface area (Å²) < 4.78 is 43.8. The van der Waals surface area contributed by atoms with Crippen molar-refractivity contribution in [3.05, 3.63) is 54.9 Å². The number of nitrogens with one attached hydrogen (secondary N) is 1. The van der Waals surface area contributed by atoms with Crippen molar-refractivity contribution in [1.29, 1.82) is 0 Å². The maximum absolute atomic E-state index is 12.8. The molecule has 1 heterocycles. The van der Waals surface area contributed by atoms with Gasteiger partial charge in [0.1, 0.15) is 0 Å². The molecule has 2 aromatic rings. The molecule has 0 aliphatic carbocycles. The third kappa shape index (κ3) is 6.44. The zero-order valence-electron chi connectivity index (χ0n) is 14.3. The Morgan fingerprint density at radius 2 is 1.88 bits per heavy atom. The van der Waals surface area contributed by atoms with E-state index in [4.69, 9.17) is 4.74 Å². The Labute approximate surface area is 156 Å². The molecule has 1 atom stereocenters. The normalized spacial score (nSPS) is 13.3. The summed E-state index contributed by atoms with van der Waals surface area (Å²) in [5.74, 6) is -0.394. The fourth-order valence-corrected chi connectivity index (χ4v) is 4.45. The quantitative estimate of drug-likeness (QED) is 0.686. The predicted octanol–water partition coefficient (Wildman–Crippen LogP) is 3.20. The van der Waals surface area contributed by atoms with E-state index in [9.17, 15) is 18.0 Å². The van der Waals surface area contributed by atoms with Gasteiger partial charge >= 0.3 is 156 Å². The number of hydrogen-bond acceptors (Lipinski definition) is 3. The van der Waals surface area contributed by atoms with E-state index in [0.717, 1.165) is 4.46 Å². The van der Waals surface area contributed by atoms with E-state index in [-0.39, 0.29) is 0 Å². The first kappa shape index (κ1) is 20.4. The number of anilines is 1. The Balaban J connectivity index is 2.21. The van der Waals surface area contributed by atoms with Crippen molar-refractivity contribution in [3.8, 4) is 0 Å². The minimum atomic E-state index is -4.46. The number of aromatic nitrogens is 1. The number of pyridine rings is 1. The zero-order valence-corrected chi connectivity index (χ0v) is 16.0. The molecule has 140 valence electrons. The van der Waals surface area contributed by atoms with Gasteiger partial charge in [-0.15, -0.1) is 0 Å². The van der Waals surface area contributed by atoms with Crippen molar-refractivity contribution in [2.75, 3.05) is 11.9 Å². The fraction of sp³-hybridized carbons (Fsp3) is 0.333. The van der Waals surface area contributed by atoms with Gasteiger partial charge in [-0.25, -0.2) is 0 Å². The molecule has 4 nitrogen and oxygen atoms in total. The topological polar surface area (TPSA) is 51.2 Å². The van der Waals surface area contributed by atoms with Crippen molar-refractivity contribution in [2.24, 2.45) is 0 Å². The van der Waals surface area contributed by atoms with Gasteiger partial charge in [-0.1, -0.05) is 0 Å². The van der Waals surface area contributed by atoms with E-state index in [1.54, 1.807) is 18.3 Å². The summed E-state index contributed by atoms with van der Waals surface area (Å²) in [7, 11) is 0. The summed E-state index contributed by atoms with van der Waals surface area (Å²) in [4.78, 5) is 16.0. The molecule has 2 rings (SSSR count). The maximum atomic E-state index is 12.8. The number of hydrogen-bond donors (Lipinski definition) is 1. The monoisotopic (exact) mass is 432 g/mol. The molecule has 0 radical (unpaired) electrons. The third-order valence-electron chi connectivity index (χ3n) is 3.40. The SMILES string of the molecule is CC(C)(OCC(F)(F)F)C([Se]c1ccccc1)C(=O)Nc1cccnc1. The van der Waals surface area contributed by atoms with E-state index >= 15 is 0 Å². The molecule has 1 amide bonds. The van der Waals surface area contributed by atoms with Gasteiger partial charge in [0.15, 0.2) is 0 Å². The Bertz CT molecular complexity index is 709. The number of halogens is 3. The average Bonchev–Trinajstić information content (AvgIpc) is 2.59. The van der Waals surface area contributed by atoms with Crippen LogP contribution < -0.4 is 9.78 Å². The first-order chi connectivity index (χ1) is 12.2. The summed E-state index contributed by atoms with van der Waals surface area (Å²) >= 11 is -0.428. The van der Waals surface area contributed by atoms with Crippen LogP contribution in [0.4, 0.5) is 18.9 Å². The van der Waals surface area contributed by atoms with Gasteiger partial charge in [-0.05, 0) is 0 Å². The summed E-state index contributed by atoms with van der Waals surface area (Å²) in [6.07, 6.45) is -1.41. The molecule has 1 aromatic heterocycles. The number of carbonyl (C=O) groups excluding carboxylic acids is 1. The molecular formula is C18H19F3N2O2Se. The van der Waals surface area contributed by atoms with Crippen LogP contribution in [0.3, 0.4) is 0 Å². The standard InChI is InChI=1S/C18H19F3N2O2Se/c1-17(2,25-12-18(19,20)21)15(26-14-8-4-3-5-9-14)16(24)23-13-7-6-10-22-11-13/h3-11,15H,12H2,1-2H3,(H,23,24). The molecule has 0 saturated carbocycles. The van der Waals surface area contributed by atoms with E-state index in [1.165, 1.54) is 20.0 Å². The Morgan fingerprint density at radius 3 is 2.46 bits per heavy atom. The molecule has 0 saturated heterocycles. The zero-order chi connectivity index (χ0) is 19.2. The van der Waals surface area contributed by atoms with Gasteiger partial charge in [-0.3, -0.25) is 0 Å². The van der Waals surface area contributed by atoms with Gasteiger partial charge in [0.25, 0.3) is 0 Å². The summed E-state index contributed by atoms with van der Waals surface area (Å²) in [5, 5.41) is 2.72. The van der Waals surface area contributed by atoms with Gasteiger partial charge in [0, 0.05) is 0 Å². The van der Waals surface area contributed by atoms with E-state index in [2.05, 4.69) is 10.3 Å². The van der Waals surface area contributed by atoms with Crippen LogP contribution in [-0.2, 0) is 9.53 Å². The number of rotatable bonds is 7. The van der Waals surface area contributed by atoms with Crippen molar-refractivity contribution < 1.29 is 22.7 Å². The molecule has 0 aliphatic heterocycles. The van der Waals surface area contributed by atoms with Crippen molar-refractivity contribution >= 4 is 31.0 Å². The van der Waals surface area contributed by atoms with Crippen LogP contribution in [0.5, 0.6) is 0 Å². The number of amides is 1.